The van der Waals surface area contributed by atoms with Gasteiger partial charge in [0.2, 0.25) is 0 Å². The summed E-state index contributed by atoms with van der Waals surface area (Å²) >= 11 is 0. The maximum Gasteiger partial charge on any atom is 0.397 e. The second kappa shape index (κ2) is 16.4. The third-order valence-electron chi connectivity index (χ3n) is 14.9. The van der Waals surface area contributed by atoms with Gasteiger partial charge < -0.3 is 54.7 Å². The van der Waals surface area contributed by atoms with E-state index in [1.54, 1.807) is 0 Å². The number of hydrogen-bond acceptors (Lipinski definition) is 14. The average molecular weight is 793 g/mol. The fourth-order valence-electron chi connectivity index (χ4n) is 11.8. The molecule has 2 aliphatic heterocycles. The van der Waals surface area contributed by atoms with Crippen molar-refractivity contribution in [1.82, 2.24) is 0 Å². The summed E-state index contributed by atoms with van der Waals surface area (Å²) in [5, 5.41) is 74.4. The third-order valence-corrected chi connectivity index (χ3v) is 15.4. The van der Waals surface area contributed by atoms with E-state index in [0.717, 1.165) is 44.1 Å². The Morgan fingerprint density at radius 3 is 2.19 bits per heavy atom. The van der Waals surface area contributed by atoms with Gasteiger partial charge in [0.1, 0.15) is 36.6 Å². The van der Waals surface area contributed by atoms with Gasteiger partial charge in [0.05, 0.1) is 38.1 Å². The number of ether oxygens (including phenoxy) is 4. The van der Waals surface area contributed by atoms with Crippen molar-refractivity contribution in [2.24, 2.45) is 52.3 Å². The molecule has 16 heteroatoms. The summed E-state index contributed by atoms with van der Waals surface area (Å²) in [6.45, 7) is 12.4. The topological polar surface area (TPSA) is 242 Å². The first-order valence-electron chi connectivity index (χ1n) is 19.8. The number of hydrogen-bond donors (Lipinski definition) is 8. The minimum atomic E-state index is -5.08. The summed E-state index contributed by atoms with van der Waals surface area (Å²) in [5.41, 5.74) is 0.815. The fraction of sp³-hybridized carbons (Fsp3) is 0.947. The van der Waals surface area contributed by atoms with Crippen LogP contribution in [0.5, 0.6) is 0 Å². The Hall–Kier alpha value is -0.830. The monoisotopic (exact) mass is 792 g/mol. The highest BCUT2D eigenvalue weighted by molar-refractivity contribution is 7.80. The summed E-state index contributed by atoms with van der Waals surface area (Å²) in [5.74, 6) is 1.26. The van der Waals surface area contributed by atoms with E-state index < -0.39 is 85.0 Å². The van der Waals surface area contributed by atoms with Crippen LogP contribution in [0.2, 0.25) is 0 Å². The molecule has 0 aromatic heterocycles. The van der Waals surface area contributed by atoms with Crippen LogP contribution in [-0.4, -0.2) is 136 Å². The molecular formula is C38H64O15S. The molecule has 20 atom stereocenters. The molecule has 0 aromatic rings. The smallest absolute Gasteiger partial charge is 0.393 e. The zero-order valence-corrected chi connectivity index (χ0v) is 32.7. The summed E-state index contributed by atoms with van der Waals surface area (Å²) in [7, 11) is -5.08. The van der Waals surface area contributed by atoms with Crippen LogP contribution in [0.1, 0.15) is 85.5 Å². The predicted octanol–water partition coefficient (Wildman–Crippen LogP) is 1.30. The number of rotatable bonds is 12. The Morgan fingerprint density at radius 2 is 1.48 bits per heavy atom. The largest absolute Gasteiger partial charge is 0.397 e. The number of aliphatic hydroxyl groups is 7. The van der Waals surface area contributed by atoms with Crippen molar-refractivity contribution in [3.8, 4) is 0 Å². The Balaban J connectivity index is 1.06. The molecule has 4 saturated carbocycles. The van der Waals surface area contributed by atoms with Crippen LogP contribution in [0.3, 0.4) is 0 Å². The minimum absolute atomic E-state index is 0.0295. The maximum absolute atomic E-state index is 11.7. The van der Waals surface area contributed by atoms with Gasteiger partial charge >= 0.3 is 10.4 Å². The Bertz CT molecular complexity index is 1420. The molecule has 20 unspecified atom stereocenters. The van der Waals surface area contributed by atoms with Gasteiger partial charge in [-0.05, 0) is 104 Å². The summed E-state index contributed by atoms with van der Waals surface area (Å²) in [4.78, 5) is 0. The van der Waals surface area contributed by atoms with Gasteiger partial charge in [0.15, 0.2) is 12.6 Å². The van der Waals surface area contributed by atoms with E-state index >= 15 is 0 Å². The highest BCUT2D eigenvalue weighted by Gasteiger charge is 2.64. The zero-order valence-electron chi connectivity index (χ0n) is 31.9. The molecule has 0 radical (unpaired) electrons. The van der Waals surface area contributed by atoms with Crippen molar-refractivity contribution in [3.05, 3.63) is 12.2 Å². The van der Waals surface area contributed by atoms with Gasteiger partial charge in [0.25, 0.3) is 0 Å². The van der Waals surface area contributed by atoms with E-state index in [1.807, 2.05) is 6.92 Å². The van der Waals surface area contributed by atoms with Gasteiger partial charge in [-0.25, -0.2) is 4.18 Å². The molecule has 0 spiro atoms. The molecule has 6 fully saturated rings. The van der Waals surface area contributed by atoms with Gasteiger partial charge in [-0.1, -0.05) is 39.8 Å². The van der Waals surface area contributed by atoms with Gasteiger partial charge in [0, 0.05) is 5.92 Å². The summed E-state index contributed by atoms with van der Waals surface area (Å²) < 4.78 is 60.2. The average Bonchev–Trinajstić information content (AvgIpc) is 3.38. The van der Waals surface area contributed by atoms with E-state index in [1.165, 1.54) is 0 Å². The van der Waals surface area contributed by atoms with E-state index in [2.05, 4.69) is 27.4 Å². The first-order valence-corrected chi connectivity index (χ1v) is 21.2. The Kier molecular flexibility index (Phi) is 13.0. The first kappa shape index (κ1) is 42.8. The van der Waals surface area contributed by atoms with Crippen molar-refractivity contribution in [2.45, 2.75) is 153 Å². The quantitative estimate of drug-likeness (QED) is 0.103. The molecule has 2 heterocycles. The van der Waals surface area contributed by atoms with Gasteiger partial charge in [-0.15, -0.1) is 0 Å². The standard InChI is InChI=1S/C38H64O15S/c1-18(20(3)15-49-36-34(33(29(43)17-51-36)53-54(46,47)48)52-35-32(45)31(44)28(42)16-50-35)6-7-19(2)24-14-27(41)30-22-13-26(40)25-12-21(39)8-10-37(25,4)23(22)9-11-38(24,30)5/h19-36,39-45H,1,6-17H2,2-5H3,(H,46,47,48). The molecule has 15 nitrogen and oxygen atoms in total. The molecule has 0 amide bonds. The minimum Gasteiger partial charge on any atom is -0.393 e. The molecule has 6 rings (SSSR count). The lowest BCUT2D eigenvalue weighted by molar-refractivity contribution is -0.341. The van der Waals surface area contributed by atoms with Crippen LogP contribution >= 0.6 is 0 Å². The second-order valence-electron chi connectivity index (χ2n) is 18.1. The van der Waals surface area contributed by atoms with Crippen molar-refractivity contribution in [2.75, 3.05) is 19.8 Å². The normalized spacial score (nSPS) is 49.3. The molecule has 8 N–H and O–H groups in total. The van der Waals surface area contributed by atoms with E-state index in [9.17, 15) is 48.7 Å². The second-order valence-corrected chi connectivity index (χ2v) is 19.2. The molecule has 0 aromatic carbocycles. The molecule has 6 aliphatic rings. The molecule has 2 saturated heterocycles. The lowest BCUT2D eigenvalue weighted by atomic mass is 9.43. The van der Waals surface area contributed by atoms with Crippen LogP contribution in [0, 0.1) is 52.3 Å². The van der Waals surface area contributed by atoms with Crippen molar-refractivity contribution in [3.63, 3.8) is 0 Å². The summed E-state index contributed by atoms with van der Waals surface area (Å²) in [6.07, 6.45) is -6.46. The molecule has 4 aliphatic carbocycles. The number of fused-ring (bicyclic) bond motifs is 5. The van der Waals surface area contributed by atoms with E-state index in [0.29, 0.717) is 31.1 Å². The van der Waals surface area contributed by atoms with E-state index in [4.69, 9.17) is 23.1 Å². The lowest BCUT2D eigenvalue weighted by Gasteiger charge is -2.62. The highest BCUT2D eigenvalue weighted by atomic mass is 32.3. The van der Waals surface area contributed by atoms with Crippen LogP contribution in [0.4, 0.5) is 0 Å². The maximum atomic E-state index is 11.7. The van der Waals surface area contributed by atoms with Gasteiger partial charge in [-0.3, -0.25) is 4.55 Å². The van der Waals surface area contributed by atoms with Crippen LogP contribution in [-0.2, 0) is 33.5 Å². The Labute approximate surface area is 318 Å². The first-order chi connectivity index (χ1) is 25.2. The number of aliphatic hydroxyl groups excluding tert-OH is 7. The third kappa shape index (κ3) is 8.35. The van der Waals surface area contributed by atoms with Crippen molar-refractivity contribution in [1.29, 1.82) is 0 Å². The van der Waals surface area contributed by atoms with Crippen molar-refractivity contribution >= 4 is 10.4 Å². The molecule has 54 heavy (non-hydrogen) atoms. The van der Waals surface area contributed by atoms with E-state index in [-0.39, 0.29) is 53.1 Å². The van der Waals surface area contributed by atoms with Crippen LogP contribution in [0.25, 0.3) is 0 Å². The predicted molar refractivity (Wildman–Crippen MR) is 191 cm³/mol. The fourth-order valence-corrected chi connectivity index (χ4v) is 12.4. The highest BCUT2D eigenvalue weighted by Crippen LogP contribution is 2.68. The SMILES string of the molecule is C=C(CCC(C)C1CC(O)C2C3CC(O)C4CC(O)CCC4(C)C3CCC12C)C(C)COC1OCC(O)C(OS(=O)(=O)O)C1OC1OCC(O)C(O)C1O. The zero-order chi connectivity index (χ0) is 39.5. The van der Waals surface area contributed by atoms with Crippen molar-refractivity contribution < 1.29 is 71.8 Å². The lowest BCUT2D eigenvalue weighted by Crippen LogP contribution is -2.61. The summed E-state index contributed by atoms with van der Waals surface area (Å²) in [6, 6.07) is 0. The Morgan fingerprint density at radius 1 is 0.815 bits per heavy atom. The van der Waals surface area contributed by atoms with Crippen LogP contribution in [0.15, 0.2) is 12.2 Å². The molecule has 0 bridgehead atoms. The molecular weight excluding hydrogens is 728 g/mol. The molecule has 312 valence electrons. The van der Waals surface area contributed by atoms with Crippen LogP contribution < -0.4 is 0 Å². The van der Waals surface area contributed by atoms with Gasteiger partial charge in [-0.2, -0.15) is 8.42 Å².